The Kier molecular flexibility index (Phi) is 4.66. The molecule has 0 aliphatic rings. The third kappa shape index (κ3) is 3.13. The second-order valence-electron chi connectivity index (χ2n) is 7.73. The molecule has 3 aromatic heterocycles. The summed E-state index contributed by atoms with van der Waals surface area (Å²) in [6.45, 7) is 4.60. The average molecular weight is 413 g/mol. The molecule has 3 heterocycles. The first-order chi connectivity index (χ1) is 15.1. The minimum atomic E-state index is -0.0811. The summed E-state index contributed by atoms with van der Waals surface area (Å²) in [5, 5.41) is 0.518. The second kappa shape index (κ2) is 7.50. The van der Waals surface area contributed by atoms with E-state index in [1.807, 2.05) is 60.0 Å². The van der Waals surface area contributed by atoms with Gasteiger partial charge in [-0.15, -0.1) is 0 Å². The van der Waals surface area contributed by atoms with Crippen LogP contribution in [0.2, 0.25) is 0 Å². The monoisotopic (exact) mass is 413 g/mol. The maximum absolute atomic E-state index is 13.5. The van der Waals surface area contributed by atoms with Crippen molar-refractivity contribution in [3.8, 4) is 5.75 Å². The van der Waals surface area contributed by atoms with Gasteiger partial charge in [0.05, 0.1) is 24.7 Å². The van der Waals surface area contributed by atoms with Gasteiger partial charge in [0.1, 0.15) is 23.0 Å². The van der Waals surface area contributed by atoms with E-state index in [0.717, 1.165) is 28.8 Å². The zero-order chi connectivity index (χ0) is 21.5. The van der Waals surface area contributed by atoms with Gasteiger partial charge in [-0.1, -0.05) is 31.2 Å². The first-order valence-corrected chi connectivity index (χ1v) is 10.4. The fourth-order valence-electron chi connectivity index (χ4n) is 3.89. The van der Waals surface area contributed by atoms with Crippen LogP contribution in [0.1, 0.15) is 31.9 Å². The third-order valence-corrected chi connectivity index (χ3v) is 5.84. The molecule has 5 rings (SSSR count). The van der Waals surface area contributed by atoms with Crippen molar-refractivity contribution in [3.05, 3.63) is 70.8 Å². The number of methoxy groups -OCH3 is 1. The van der Waals surface area contributed by atoms with Gasteiger partial charge in [0.25, 0.3) is 5.56 Å². The van der Waals surface area contributed by atoms with Crippen LogP contribution in [0.15, 0.2) is 59.7 Å². The smallest absolute Gasteiger partial charge is 0.265 e. The summed E-state index contributed by atoms with van der Waals surface area (Å²) >= 11 is 0. The zero-order valence-electron chi connectivity index (χ0n) is 17.7. The van der Waals surface area contributed by atoms with Crippen LogP contribution >= 0.6 is 0 Å². The average Bonchev–Trinajstić information content (AvgIpc) is 3.11. The van der Waals surface area contributed by atoms with Gasteiger partial charge in [-0.3, -0.25) is 9.36 Å². The number of hydrogen-bond donors (Lipinski definition) is 0. The number of hydrogen-bond acceptors (Lipinski definition) is 5. The van der Waals surface area contributed by atoms with E-state index in [9.17, 15) is 4.79 Å². The number of ether oxygens (including phenoxy) is 1. The van der Waals surface area contributed by atoms with E-state index in [1.165, 1.54) is 0 Å². The van der Waals surface area contributed by atoms with Crippen LogP contribution in [0.3, 0.4) is 0 Å². The molecule has 0 unspecified atom stereocenters. The molecule has 0 bridgehead atoms. The molecule has 5 aromatic rings. The lowest BCUT2D eigenvalue weighted by atomic mass is 10.2. The van der Waals surface area contributed by atoms with Crippen LogP contribution in [0.4, 0.5) is 0 Å². The lowest BCUT2D eigenvalue weighted by Crippen LogP contribution is -2.23. The van der Waals surface area contributed by atoms with E-state index in [1.54, 1.807) is 18.0 Å². The Labute approximate surface area is 179 Å². The van der Waals surface area contributed by atoms with Crippen LogP contribution in [0.5, 0.6) is 5.75 Å². The van der Waals surface area contributed by atoms with Gasteiger partial charge in [-0.2, -0.15) is 0 Å². The van der Waals surface area contributed by atoms with Crippen molar-refractivity contribution >= 4 is 33.2 Å². The van der Waals surface area contributed by atoms with Gasteiger partial charge in [0.2, 0.25) is 0 Å². The van der Waals surface area contributed by atoms with Crippen molar-refractivity contribution in [2.45, 2.75) is 32.9 Å². The maximum Gasteiger partial charge on any atom is 0.265 e. The van der Waals surface area contributed by atoms with Crippen LogP contribution in [-0.4, -0.2) is 31.2 Å². The molecule has 0 aliphatic carbocycles. The highest BCUT2D eigenvalue weighted by Crippen LogP contribution is 2.26. The van der Waals surface area contributed by atoms with E-state index in [0.29, 0.717) is 28.7 Å². The lowest BCUT2D eigenvalue weighted by molar-refractivity contribution is 0.414. The fraction of sp³-hybridized carbons (Fsp3) is 0.250. The Morgan fingerprint density at radius 3 is 2.39 bits per heavy atom. The SMILES string of the molecule is CC[C@H](C)n1cnc2c(c1=O)c1nc3ccccc3nc1n2Cc1ccc(OC)cc1. The summed E-state index contributed by atoms with van der Waals surface area (Å²) in [5.74, 6) is 0.798. The summed E-state index contributed by atoms with van der Waals surface area (Å²) in [6, 6.07) is 15.6. The summed E-state index contributed by atoms with van der Waals surface area (Å²) < 4.78 is 8.94. The quantitative estimate of drug-likeness (QED) is 0.429. The van der Waals surface area contributed by atoms with E-state index in [-0.39, 0.29) is 11.6 Å². The first kappa shape index (κ1) is 19.2. The summed E-state index contributed by atoms with van der Waals surface area (Å²) in [4.78, 5) is 27.8. The molecular weight excluding hydrogens is 390 g/mol. The highest BCUT2D eigenvalue weighted by molar-refractivity contribution is 6.04. The highest BCUT2D eigenvalue weighted by Gasteiger charge is 2.21. The standard InChI is InChI=1S/C24H23N5O2/c1-4-15(2)29-14-25-22-20(24(29)30)21-23(27-19-8-6-5-7-18(19)26-21)28(22)13-16-9-11-17(31-3)12-10-16/h5-12,14-15H,4,13H2,1-3H3/t15-/m0/s1. The predicted octanol–water partition coefficient (Wildman–Crippen LogP) is 4.32. The molecule has 0 saturated carbocycles. The minimum Gasteiger partial charge on any atom is -0.497 e. The molecule has 0 fully saturated rings. The van der Waals surface area contributed by atoms with Crippen molar-refractivity contribution in [1.82, 2.24) is 24.1 Å². The number of fused-ring (bicyclic) bond motifs is 4. The second-order valence-corrected chi connectivity index (χ2v) is 7.73. The van der Waals surface area contributed by atoms with Gasteiger partial charge in [-0.25, -0.2) is 15.0 Å². The molecule has 31 heavy (non-hydrogen) atoms. The van der Waals surface area contributed by atoms with E-state index in [4.69, 9.17) is 14.7 Å². The number of para-hydroxylation sites is 2. The number of rotatable bonds is 5. The normalized spacial score (nSPS) is 12.6. The largest absolute Gasteiger partial charge is 0.497 e. The Morgan fingerprint density at radius 2 is 1.71 bits per heavy atom. The molecule has 2 aromatic carbocycles. The van der Waals surface area contributed by atoms with Crippen LogP contribution in [0.25, 0.3) is 33.2 Å². The highest BCUT2D eigenvalue weighted by atomic mass is 16.5. The van der Waals surface area contributed by atoms with Crippen molar-refractivity contribution in [1.29, 1.82) is 0 Å². The first-order valence-electron chi connectivity index (χ1n) is 10.4. The summed E-state index contributed by atoms with van der Waals surface area (Å²) in [6.07, 6.45) is 2.48. The Balaban J connectivity index is 1.82. The topological polar surface area (TPSA) is 74.8 Å². The van der Waals surface area contributed by atoms with Crippen molar-refractivity contribution in [2.24, 2.45) is 0 Å². The maximum atomic E-state index is 13.5. The van der Waals surface area contributed by atoms with Gasteiger partial charge < -0.3 is 9.30 Å². The van der Waals surface area contributed by atoms with Crippen LogP contribution in [0, 0.1) is 0 Å². The molecule has 0 aliphatic heterocycles. The number of nitrogens with zero attached hydrogens (tertiary/aromatic N) is 5. The molecule has 0 N–H and O–H groups in total. The van der Waals surface area contributed by atoms with E-state index < -0.39 is 0 Å². The molecule has 7 heteroatoms. The molecule has 0 spiro atoms. The Hall–Kier alpha value is -3.74. The number of aromatic nitrogens is 5. The van der Waals surface area contributed by atoms with Crippen molar-refractivity contribution in [2.75, 3.05) is 7.11 Å². The van der Waals surface area contributed by atoms with Gasteiger partial charge in [0, 0.05) is 6.04 Å². The molecule has 0 amide bonds. The van der Waals surface area contributed by atoms with Gasteiger partial charge in [-0.05, 0) is 43.2 Å². The molecule has 0 saturated heterocycles. The zero-order valence-corrected chi connectivity index (χ0v) is 17.7. The molecular formula is C24H23N5O2. The summed E-state index contributed by atoms with van der Waals surface area (Å²) in [5.41, 5.74) is 4.39. The van der Waals surface area contributed by atoms with Crippen LogP contribution < -0.4 is 10.3 Å². The van der Waals surface area contributed by atoms with E-state index >= 15 is 0 Å². The Bertz CT molecular complexity index is 1470. The molecule has 1 atom stereocenters. The molecule has 156 valence electrons. The van der Waals surface area contributed by atoms with Crippen LogP contribution in [-0.2, 0) is 6.54 Å². The Morgan fingerprint density at radius 1 is 1.00 bits per heavy atom. The van der Waals surface area contributed by atoms with E-state index in [2.05, 4.69) is 11.9 Å². The third-order valence-electron chi connectivity index (χ3n) is 5.84. The van der Waals surface area contributed by atoms with Crippen molar-refractivity contribution in [3.63, 3.8) is 0 Å². The molecule has 7 nitrogen and oxygen atoms in total. The number of benzene rings is 2. The van der Waals surface area contributed by atoms with Crippen molar-refractivity contribution < 1.29 is 4.74 Å². The van der Waals surface area contributed by atoms with Gasteiger partial charge >= 0.3 is 0 Å². The molecule has 0 radical (unpaired) electrons. The lowest BCUT2D eigenvalue weighted by Gasteiger charge is -2.12. The van der Waals surface area contributed by atoms with Gasteiger partial charge in [0.15, 0.2) is 11.3 Å². The minimum absolute atomic E-state index is 0.0535. The summed E-state index contributed by atoms with van der Waals surface area (Å²) in [7, 11) is 1.65. The predicted molar refractivity (Wildman–Crippen MR) is 122 cm³/mol. The fourth-order valence-corrected chi connectivity index (χ4v) is 3.89.